The fourth-order valence-corrected chi connectivity index (χ4v) is 2.74. The molecule has 0 bridgehead atoms. The lowest BCUT2D eigenvalue weighted by molar-refractivity contribution is -0.119. The molecule has 0 aliphatic heterocycles. The summed E-state index contributed by atoms with van der Waals surface area (Å²) >= 11 is 0. The lowest BCUT2D eigenvalue weighted by Crippen LogP contribution is -2.36. The fraction of sp³-hybridized carbons (Fsp3) is 0.391. The van der Waals surface area contributed by atoms with E-state index in [0.29, 0.717) is 13.1 Å². The van der Waals surface area contributed by atoms with E-state index in [-0.39, 0.29) is 35.8 Å². The Balaban J connectivity index is 0.00000450. The van der Waals surface area contributed by atoms with Crippen molar-refractivity contribution in [2.24, 2.45) is 10.9 Å². The highest BCUT2D eigenvalue weighted by Gasteiger charge is 2.10. The Labute approximate surface area is 196 Å². The van der Waals surface area contributed by atoms with Crippen molar-refractivity contribution in [3.63, 3.8) is 0 Å². The van der Waals surface area contributed by atoms with Crippen molar-refractivity contribution in [3.05, 3.63) is 59.7 Å². The van der Waals surface area contributed by atoms with Crippen molar-refractivity contribution in [1.82, 2.24) is 10.6 Å². The maximum absolute atomic E-state index is 12.1. The Morgan fingerprint density at radius 2 is 1.87 bits per heavy atom. The van der Waals surface area contributed by atoms with Crippen LogP contribution in [-0.2, 0) is 17.9 Å². The van der Waals surface area contributed by atoms with E-state index in [9.17, 15) is 4.79 Å². The van der Waals surface area contributed by atoms with Crippen LogP contribution in [0.5, 0.6) is 5.75 Å². The Morgan fingerprint density at radius 1 is 1.10 bits per heavy atom. The number of nitrogens with one attached hydrogen (secondary N) is 3. The Kier molecular flexibility index (Phi) is 11.9. The summed E-state index contributed by atoms with van der Waals surface area (Å²) in [5.74, 6) is 1.62. The molecule has 2 aromatic carbocycles. The second-order valence-corrected chi connectivity index (χ2v) is 6.86. The van der Waals surface area contributed by atoms with Gasteiger partial charge >= 0.3 is 0 Å². The SMILES string of the molecule is CCNC(=NCc1cccc(NC(=O)C(C)CC)c1)NCc1ccccc1OC.I. The van der Waals surface area contributed by atoms with E-state index in [0.717, 1.165) is 41.5 Å². The number of carbonyl (C=O) groups excluding carboxylic acids is 1. The first-order chi connectivity index (χ1) is 14.1. The molecule has 1 amide bonds. The molecular weight excluding hydrogens is 491 g/mol. The van der Waals surface area contributed by atoms with Crippen molar-refractivity contribution in [3.8, 4) is 5.75 Å². The molecule has 2 aromatic rings. The van der Waals surface area contributed by atoms with Gasteiger partial charge in [0, 0.05) is 30.3 Å². The molecule has 1 unspecified atom stereocenters. The number of hydrogen-bond acceptors (Lipinski definition) is 3. The summed E-state index contributed by atoms with van der Waals surface area (Å²) in [5.41, 5.74) is 2.90. The summed E-state index contributed by atoms with van der Waals surface area (Å²) in [6, 6.07) is 15.7. The zero-order valence-corrected chi connectivity index (χ0v) is 20.5. The van der Waals surface area contributed by atoms with Gasteiger partial charge in [0.15, 0.2) is 5.96 Å². The first kappa shape index (κ1) is 25.7. The summed E-state index contributed by atoms with van der Waals surface area (Å²) in [4.78, 5) is 16.8. The molecule has 1 atom stereocenters. The summed E-state index contributed by atoms with van der Waals surface area (Å²) in [5, 5.41) is 9.57. The minimum Gasteiger partial charge on any atom is -0.496 e. The number of ether oxygens (including phenoxy) is 1. The number of nitrogens with zero attached hydrogens (tertiary/aromatic N) is 1. The number of amides is 1. The highest BCUT2D eigenvalue weighted by Crippen LogP contribution is 2.17. The minimum atomic E-state index is -0.00351. The van der Waals surface area contributed by atoms with Crippen LogP contribution < -0.4 is 20.7 Å². The van der Waals surface area contributed by atoms with Crippen molar-refractivity contribution < 1.29 is 9.53 Å². The molecule has 164 valence electrons. The van der Waals surface area contributed by atoms with Gasteiger partial charge in [-0.05, 0) is 37.1 Å². The van der Waals surface area contributed by atoms with E-state index in [1.165, 1.54) is 0 Å². The Hall–Kier alpha value is -2.29. The second-order valence-electron chi connectivity index (χ2n) is 6.86. The van der Waals surface area contributed by atoms with Crippen LogP contribution in [0.4, 0.5) is 5.69 Å². The predicted molar refractivity (Wildman–Crippen MR) is 135 cm³/mol. The number of carbonyl (C=O) groups is 1. The molecule has 2 rings (SSSR count). The third kappa shape index (κ3) is 8.22. The van der Waals surface area contributed by atoms with Crippen molar-refractivity contribution in [2.45, 2.75) is 40.3 Å². The van der Waals surface area contributed by atoms with E-state index in [1.807, 2.05) is 69.3 Å². The van der Waals surface area contributed by atoms with Crippen LogP contribution in [-0.4, -0.2) is 25.5 Å². The first-order valence-corrected chi connectivity index (χ1v) is 10.1. The van der Waals surface area contributed by atoms with Gasteiger partial charge in [-0.3, -0.25) is 4.79 Å². The third-order valence-corrected chi connectivity index (χ3v) is 4.66. The van der Waals surface area contributed by atoms with Gasteiger partial charge in [-0.25, -0.2) is 4.99 Å². The smallest absolute Gasteiger partial charge is 0.227 e. The molecule has 0 fully saturated rings. The number of anilines is 1. The van der Waals surface area contributed by atoms with Gasteiger partial charge in [0.2, 0.25) is 5.91 Å². The average molecular weight is 524 g/mol. The molecule has 0 saturated carbocycles. The predicted octanol–water partition coefficient (Wildman–Crippen LogP) is 4.55. The topological polar surface area (TPSA) is 74.8 Å². The van der Waals surface area contributed by atoms with Crippen LogP contribution in [0.3, 0.4) is 0 Å². The van der Waals surface area contributed by atoms with Crippen molar-refractivity contribution in [1.29, 1.82) is 0 Å². The Morgan fingerprint density at radius 3 is 2.57 bits per heavy atom. The molecule has 7 heteroatoms. The zero-order valence-electron chi connectivity index (χ0n) is 18.2. The van der Waals surface area contributed by atoms with E-state index < -0.39 is 0 Å². The van der Waals surface area contributed by atoms with Gasteiger partial charge in [-0.2, -0.15) is 0 Å². The number of halogens is 1. The molecule has 0 heterocycles. The van der Waals surface area contributed by atoms with Crippen LogP contribution in [0, 0.1) is 5.92 Å². The summed E-state index contributed by atoms with van der Waals surface area (Å²) in [7, 11) is 1.67. The normalized spacial score (nSPS) is 11.8. The van der Waals surface area contributed by atoms with Crippen LogP contribution in [0.15, 0.2) is 53.5 Å². The molecule has 0 aliphatic carbocycles. The number of para-hydroxylation sites is 1. The lowest BCUT2D eigenvalue weighted by atomic mass is 10.1. The van der Waals surface area contributed by atoms with Crippen LogP contribution >= 0.6 is 24.0 Å². The highest BCUT2D eigenvalue weighted by molar-refractivity contribution is 14.0. The van der Waals surface area contributed by atoms with E-state index in [2.05, 4.69) is 20.9 Å². The molecule has 0 radical (unpaired) electrons. The van der Waals surface area contributed by atoms with Gasteiger partial charge in [0.05, 0.1) is 13.7 Å². The standard InChI is InChI=1S/C23H32N4O2.HI/c1-5-17(3)22(28)27-20-12-9-10-18(14-20)15-25-23(24-6-2)26-16-19-11-7-8-13-21(19)29-4;/h7-14,17H,5-6,15-16H2,1-4H3,(H,27,28)(H2,24,25,26);1H. The van der Waals surface area contributed by atoms with Gasteiger partial charge in [0.1, 0.15) is 5.75 Å². The molecule has 3 N–H and O–H groups in total. The molecule has 0 aliphatic rings. The fourth-order valence-electron chi connectivity index (χ4n) is 2.74. The van der Waals surface area contributed by atoms with E-state index in [1.54, 1.807) is 7.11 Å². The van der Waals surface area contributed by atoms with Crippen LogP contribution in [0.25, 0.3) is 0 Å². The van der Waals surface area contributed by atoms with Gasteiger partial charge in [-0.15, -0.1) is 24.0 Å². The molecule has 0 spiro atoms. The summed E-state index contributed by atoms with van der Waals surface area (Å²) < 4.78 is 5.40. The van der Waals surface area contributed by atoms with Gasteiger partial charge in [0.25, 0.3) is 0 Å². The molecule has 0 saturated heterocycles. The monoisotopic (exact) mass is 524 g/mol. The lowest BCUT2D eigenvalue weighted by Gasteiger charge is -2.14. The quantitative estimate of drug-likeness (QED) is 0.256. The summed E-state index contributed by atoms with van der Waals surface area (Å²) in [6.45, 7) is 7.86. The van der Waals surface area contributed by atoms with Gasteiger partial charge < -0.3 is 20.7 Å². The number of benzene rings is 2. The first-order valence-electron chi connectivity index (χ1n) is 10.1. The minimum absolute atomic E-state index is 0. The van der Waals surface area contributed by atoms with Gasteiger partial charge in [-0.1, -0.05) is 44.2 Å². The number of rotatable bonds is 9. The molecule has 6 nitrogen and oxygen atoms in total. The molecule has 30 heavy (non-hydrogen) atoms. The van der Waals surface area contributed by atoms with E-state index in [4.69, 9.17) is 4.74 Å². The van der Waals surface area contributed by atoms with Crippen LogP contribution in [0.2, 0.25) is 0 Å². The third-order valence-electron chi connectivity index (χ3n) is 4.66. The maximum atomic E-state index is 12.1. The average Bonchev–Trinajstić information content (AvgIpc) is 2.75. The number of aliphatic imine (C=N–C) groups is 1. The number of guanidine groups is 1. The number of hydrogen-bond donors (Lipinski definition) is 3. The van der Waals surface area contributed by atoms with Crippen molar-refractivity contribution >= 4 is 41.5 Å². The largest absolute Gasteiger partial charge is 0.496 e. The highest BCUT2D eigenvalue weighted by atomic mass is 127. The van der Waals surface area contributed by atoms with Crippen LogP contribution in [0.1, 0.15) is 38.3 Å². The zero-order chi connectivity index (χ0) is 21.1. The second kappa shape index (κ2) is 13.8. The summed E-state index contributed by atoms with van der Waals surface area (Å²) in [6.07, 6.45) is 0.819. The Bertz CT molecular complexity index is 826. The maximum Gasteiger partial charge on any atom is 0.227 e. The molecule has 0 aromatic heterocycles. The number of methoxy groups -OCH3 is 1. The molecular formula is C23H33IN4O2. The van der Waals surface area contributed by atoms with Crippen molar-refractivity contribution in [2.75, 3.05) is 19.0 Å². The van der Waals surface area contributed by atoms with E-state index >= 15 is 0 Å².